The average molecular weight is 303 g/mol. The van der Waals surface area contributed by atoms with Crippen LogP contribution in [0.2, 0.25) is 0 Å². The molecule has 1 N–H and O–H groups in total. The molecule has 2 aromatic heterocycles. The molecular formula is C16H12F3N3. The van der Waals surface area contributed by atoms with Crippen molar-refractivity contribution < 1.29 is 13.2 Å². The number of aromatic nitrogens is 3. The third kappa shape index (κ3) is 2.72. The highest BCUT2D eigenvalue weighted by atomic mass is 19.4. The molecule has 0 saturated heterocycles. The highest BCUT2D eigenvalue weighted by Crippen LogP contribution is 2.31. The molecule has 0 aliphatic rings. The van der Waals surface area contributed by atoms with Crippen LogP contribution >= 0.6 is 0 Å². The van der Waals surface area contributed by atoms with E-state index in [1.54, 1.807) is 12.3 Å². The lowest BCUT2D eigenvalue weighted by atomic mass is 10.0. The minimum Gasteiger partial charge on any atom is -0.273 e. The maximum absolute atomic E-state index is 12.6. The van der Waals surface area contributed by atoms with Gasteiger partial charge in [0.1, 0.15) is 11.4 Å². The zero-order valence-corrected chi connectivity index (χ0v) is 11.6. The van der Waals surface area contributed by atoms with Crippen molar-refractivity contribution in [3.63, 3.8) is 0 Å². The highest BCUT2D eigenvalue weighted by Gasteiger charge is 2.33. The molecule has 0 radical (unpaired) electrons. The zero-order valence-electron chi connectivity index (χ0n) is 11.6. The number of hydrogen-bond donors (Lipinski definition) is 1. The van der Waals surface area contributed by atoms with E-state index in [9.17, 15) is 13.2 Å². The Hall–Kier alpha value is -2.63. The third-order valence-corrected chi connectivity index (χ3v) is 3.34. The smallest absolute Gasteiger partial charge is 0.273 e. The van der Waals surface area contributed by atoms with Gasteiger partial charge in [-0.15, -0.1) is 0 Å². The summed E-state index contributed by atoms with van der Waals surface area (Å²) in [4.78, 5) is 4.23. The van der Waals surface area contributed by atoms with Gasteiger partial charge in [0, 0.05) is 11.8 Å². The molecule has 1 aromatic carbocycles. The van der Waals surface area contributed by atoms with E-state index in [0.29, 0.717) is 5.69 Å². The second-order valence-corrected chi connectivity index (χ2v) is 4.92. The average Bonchev–Trinajstić information content (AvgIpc) is 2.98. The van der Waals surface area contributed by atoms with Crippen LogP contribution in [0, 0.1) is 6.92 Å². The zero-order chi connectivity index (χ0) is 15.7. The predicted molar refractivity (Wildman–Crippen MR) is 77.0 cm³/mol. The van der Waals surface area contributed by atoms with Gasteiger partial charge >= 0.3 is 6.18 Å². The van der Waals surface area contributed by atoms with E-state index in [2.05, 4.69) is 10.1 Å². The lowest BCUT2D eigenvalue weighted by Crippen LogP contribution is -2.04. The first-order valence-corrected chi connectivity index (χ1v) is 6.60. The fraction of sp³-hybridized carbons (Fsp3) is 0.125. The lowest BCUT2D eigenvalue weighted by Gasteiger charge is -2.06. The number of H-pyrrole nitrogens is 1. The normalized spacial score (nSPS) is 11.6. The Kier molecular flexibility index (Phi) is 3.44. The molecule has 0 bridgehead atoms. The summed E-state index contributed by atoms with van der Waals surface area (Å²) in [6.07, 6.45) is -2.79. The maximum atomic E-state index is 12.6. The van der Waals surface area contributed by atoms with E-state index in [-0.39, 0.29) is 5.69 Å². The third-order valence-electron chi connectivity index (χ3n) is 3.34. The van der Waals surface area contributed by atoms with E-state index in [1.807, 2.05) is 42.4 Å². The van der Waals surface area contributed by atoms with E-state index in [1.165, 1.54) is 0 Å². The maximum Gasteiger partial charge on any atom is 0.432 e. The standard InChI is InChI=1S/C16H12F3N3/c1-10-7-13(14-8-15(22-21-14)16(17,18)19)20-9-12(10)11-5-3-2-4-6-11/h2-9H,1H3,(H,21,22). The molecule has 0 saturated carbocycles. The summed E-state index contributed by atoms with van der Waals surface area (Å²) in [5.74, 6) is 0. The van der Waals surface area contributed by atoms with Gasteiger partial charge in [0.05, 0.1) is 5.69 Å². The van der Waals surface area contributed by atoms with Crippen LogP contribution in [-0.4, -0.2) is 15.2 Å². The van der Waals surface area contributed by atoms with Crippen LogP contribution in [0.15, 0.2) is 48.7 Å². The van der Waals surface area contributed by atoms with Crippen LogP contribution in [-0.2, 0) is 6.18 Å². The predicted octanol–water partition coefficient (Wildman–Crippen LogP) is 4.47. The van der Waals surface area contributed by atoms with Crippen molar-refractivity contribution in [2.45, 2.75) is 13.1 Å². The van der Waals surface area contributed by atoms with E-state index < -0.39 is 11.9 Å². The Labute approximate surface area is 124 Å². The number of nitrogens with one attached hydrogen (secondary N) is 1. The molecule has 0 aliphatic carbocycles. The van der Waals surface area contributed by atoms with Gasteiger partial charge in [-0.25, -0.2) is 0 Å². The first-order valence-electron chi connectivity index (χ1n) is 6.60. The number of aryl methyl sites for hydroxylation is 1. The summed E-state index contributed by atoms with van der Waals surface area (Å²) >= 11 is 0. The quantitative estimate of drug-likeness (QED) is 0.759. The van der Waals surface area contributed by atoms with Crippen LogP contribution in [0.3, 0.4) is 0 Å². The number of nitrogens with zero attached hydrogens (tertiary/aromatic N) is 2. The summed E-state index contributed by atoms with van der Waals surface area (Å²) in [7, 11) is 0. The topological polar surface area (TPSA) is 41.6 Å². The molecule has 0 unspecified atom stereocenters. The largest absolute Gasteiger partial charge is 0.432 e. The molecule has 6 heteroatoms. The SMILES string of the molecule is Cc1cc(-c2cc(C(F)(F)F)[nH]n2)ncc1-c1ccccc1. The molecule has 0 spiro atoms. The summed E-state index contributed by atoms with van der Waals surface area (Å²) in [5.41, 5.74) is 2.58. The first kappa shape index (κ1) is 14.3. The number of halogens is 3. The molecule has 0 amide bonds. The van der Waals surface area contributed by atoms with Crippen LogP contribution in [0.25, 0.3) is 22.5 Å². The Bertz CT molecular complexity index is 792. The molecule has 0 fully saturated rings. The van der Waals surface area contributed by atoms with Gasteiger partial charge in [0.2, 0.25) is 0 Å². The van der Waals surface area contributed by atoms with Gasteiger partial charge in [-0.3, -0.25) is 10.1 Å². The molecule has 0 aliphatic heterocycles. The fourth-order valence-corrected chi connectivity index (χ4v) is 2.21. The number of hydrogen-bond acceptors (Lipinski definition) is 2. The summed E-state index contributed by atoms with van der Waals surface area (Å²) in [5, 5.41) is 5.68. The Morgan fingerprint density at radius 2 is 1.73 bits per heavy atom. The number of pyridine rings is 1. The van der Waals surface area contributed by atoms with Crippen LogP contribution in [0.5, 0.6) is 0 Å². The van der Waals surface area contributed by atoms with Crippen molar-refractivity contribution in [1.82, 2.24) is 15.2 Å². The first-order chi connectivity index (χ1) is 10.4. The van der Waals surface area contributed by atoms with Crippen molar-refractivity contribution in [3.8, 4) is 22.5 Å². The van der Waals surface area contributed by atoms with Crippen molar-refractivity contribution >= 4 is 0 Å². The minimum atomic E-state index is -4.44. The molecule has 2 heterocycles. The van der Waals surface area contributed by atoms with E-state index in [4.69, 9.17) is 0 Å². The van der Waals surface area contributed by atoms with Gasteiger partial charge in [0.25, 0.3) is 0 Å². The number of aromatic amines is 1. The molecule has 3 aromatic rings. The van der Waals surface area contributed by atoms with Gasteiger partial charge in [0.15, 0.2) is 0 Å². The van der Waals surface area contributed by atoms with E-state index >= 15 is 0 Å². The minimum absolute atomic E-state index is 0.176. The number of rotatable bonds is 2. The van der Waals surface area contributed by atoms with Gasteiger partial charge in [-0.1, -0.05) is 30.3 Å². The Morgan fingerprint density at radius 3 is 2.32 bits per heavy atom. The monoisotopic (exact) mass is 303 g/mol. The summed E-state index contributed by atoms with van der Waals surface area (Å²) < 4.78 is 37.8. The van der Waals surface area contributed by atoms with Crippen molar-refractivity contribution in [2.75, 3.05) is 0 Å². The molecule has 3 rings (SSSR count). The van der Waals surface area contributed by atoms with E-state index in [0.717, 1.165) is 22.8 Å². The van der Waals surface area contributed by atoms with Crippen LogP contribution in [0.1, 0.15) is 11.3 Å². The Morgan fingerprint density at radius 1 is 1.00 bits per heavy atom. The number of benzene rings is 1. The molecular weight excluding hydrogens is 291 g/mol. The van der Waals surface area contributed by atoms with Gasteiger partial charge in [-0.05, 0) is 30.2 Å². The van der Waals surface area contributed by atoms with Crippen molar-refractivity contribution in [2.24, 2.45) is 0 Å². The lowest BCUT2D eigenvalue weighted by molar-refractivity contribution is -0.141. The van der Waals surface area contributed by atoms with Crippen LogP contribution in [0.4, 0.5) is 13.2 Å². The summed E-state index contributed by atoms with van der Waals surface area (Å²) in [6, 6.07) is 12.4. The van der Waals surface area contributed by atoms with Crippen molar-refractivity contribution in [1.29, 1.82) is 0 Å². The molecule has 112 valence electrons. The van der Waals surface area contributed by atoms with Gasteiger partial charge < -0.3 is 0 Å². The molecule has 22 heavy (non-hydrogen) atoms. The highest BCUT2D eigenvalue weighted by molar-refractivity contribution is 5.69. The second kappa shape index (κ2) is 5.29. The van der Waals surface area contributed by atoms with Crippen molar-refractivity contribution in [3.05, 3.63) is 59.9 Å². The fourth-order valence-electron chi connectivity index (χ4n) is 2.21. The summed E-state index contributed by atoms with van der Waals surface area (Å²) in [6.45, 7) is 1.89. The Balaban J connectivity index is 1.97. The second-order valence-electron chi connectivity index (χ2n) is 4.92. The van der Waals surface area contributed by atoms with Crippen LogP contribution < -0.4 is 0 Å². The molecule has 3 nitrogen and oxygen atoms in total. The van der Waals surface area contributed by atoms with Gasteiger partial charge in [-0.2, -0.15) is 18.3 Å². The number of alkyl halides is 3. The molecule has 0 atom stereocenters.